The summed E-state index contributed by atoms with van der Waals surface area (Å²) >= 11 is 0. The maximum absolute atomic E-state index is 12.8. The molecule has 0 aromatic heterocycles. The summed E-state index contributed by atoms with van der Waals surface area (Å²) in [7, 11) is 0. The van der Waals surface area contributed by atoms with Gasteiger partial charge in [-0.15, -0.1) is 0 Å². The first-order valence-electron chi connectivity index (χ1n) is 11.7. The maximum Gasteiger partial charge on any atom is 0.340 e. The number of ether oxygens (including phenoxy) is 3. The van der Waals surface area contributed by atoms with Crippen LogP contribution in [-0.4, -0.2) is 25.5 Å². The van der Waals surface area contributed by atoms with Gasteiger partial charge in [-0.1, -0.05) is 62.9 Å². The van der Waals surface area contributed by atoms with E-state index in [0.717, 1.165) is 37.9 Å². The van der Waals surface area contributed by atoms with Gasteiger partial charge in [0.25, 0.3) is 0 Å². The van der Waals surface area contributed by atoms with Crippen LogP contribution in [0.5, 0.6) is 5.75 Å². The molecule has 1 aliphatic carbocycles. The molecule has 0 N–H and O–H groups in total. The summed E-state index contributed by atoms with van der Waals surface area (Å²) < 4.78 is 17.7. The topological polar surface area (TPSA) is 44.8 Å². The molecule has 2 aromatic rings. The molecule has 2 unspecified atom stereocenters. The average molecular weight is 425 g/mol. The monoisotopic (exact) mass is 424 g/mol. The first kappa shape index (κ1) is 23.3. The van der Waals surface area contributed by atoms with Gasteiger partial charge in [0.1, 0.15) is 12.4 Å². The molecule has 1 fully saturated rings. The summed E-state index contributed by atoms with van der Waals surface area (Å²) in [5, 5.41) is 0. The molecule has 4 heteroatoms. The number of carbonyl (C=O) groups is 1. The van der Waals surface area contributed by atoms with Crippen molar-refractivity contribution < 1.29 is 19.0 Å². The number of carbonyl (C=O) groups excluding carboxylic acids is 1. The molecule has 0 heterocycles. The molecule has 0 amide bonds. The van der Waals surface area contributed by atoms with Gasteiger partial charge in [-0.3, -0.25) is 0 Å². The van der Waals surface area contributed by atoms with Crippen molar-refractivity contribution in [1.29, 1.82) is 0 Å². The highest BCUT2D eigenvalue weighted by molar-refractivity contribution is 5.89. The molecule has 1 saturated carbocycles. The van der Waals surface area contributed by atoms with Crippen molar-refractivity contribution in [2.24, 2.45) is 5.92 Å². The molecule has 31 heavy (non-hydrogen) atoms. The van der Waals surface area contributed by atoms with Crippen molar-refractivity contribution in [3.8, 4) is 5.75 Å². The fraction of sp³-hybridized carbons (Fsp3) is 0.519. The highest BCUT2D eigenvalue weighted by Gasteiger charge is 2.28. The molecule has 0 bridgehead atoms. The zero-order valence-corrected chi connectivity index (χ0v) is 19.1. The molecule has 0 spiro atoms. The summed E-state index contributed by atoms with van der Waals surface area (Å²) in [5.41, 5.74) is 3.02. The van der Waals surface area contributed by atoms with E-state index in [1.807, 2.05) is 55.5 Å². The Morgan fingerprint density at radius 3 is 2.29 bits per heavy atom. The van der Waals surface area contributed by atoms with Crippen molar-refractivity contribution in [3.63, 3.8) is 0 Å². The normalized spacial score (nSPS) is 16.5. The molecule has 4 nitrogen and oxygen atoms in total. The van der Waals surface area contributed by atoms with Crippen LogP contribution in [0, 0.1) is 12.8 Å². The molecule has 168 valence electrons. The van der Waals surface area contributed by atoms with Crippen LogP contribution in [-0.2, 0) is 9.47 Å². The lowest BCUT2D eigenvalue weighted by Crippen LogP contribution is -2.32. The van der Waals surface area contributed by atoms with E-state index in [1.165, 1.54) is 17.5 Å². The Morgan fingerprint density at radius 2 is 1.65 bits per heavy atom. The predicted octanol–water partition coefficient (Wildman–Crippen LogP) is 6.67. The number of hydrogen-bond acceptors (Lipinski definition) is 4. The third kappa shape index (κ3) is 7.10. The zero-order valence-electron chi connectivity index (χ0n) is 19.1. The Balaban J connectivity index is 1.56. The molecule has 0 aliphatic heterocycles. The van der Waals surface area contributed by atoms with E-state index in [4.69, 9.17) is 14.2 Å². The second-order valence-corrected chi connectivity index (χ2v) is 8.64. The van der Waals surface area contributed by atoms with Crippen LogP contribution >= 0.6 is 0 Å². The number of rotatable bonds is 10. The Kier molecular flexibility index (Phi) is 8.96. The van der Waals surface area contributed by atoms with Crippen molar-refractivity contribution in [3.05, 3.63) is 65.2 Å². The first-order chi connectivity index (χ1) is 15.1. The third-order valence-electron chi connectivity index (χ3n) is 6.24. The van der Waals surface area contributed by atoms with E-state index < -0.39 is 6.29 Å². The van der Waals surface area contributed by atoms with Gasteiger partial charge >= 0.3 is 5.97 Å². The van der Waals surface area contributed by atoms with Crippen molar-refractivity contribution in [2.75, 3.05) is 13.2 Å². The molecule has 1 aliphatic rings. The lowest BCUT2D eigenvalue weighted by molar-refractivity contribution is -0.150. The highest BCUT2D eigenvalue weighted by Crippen LogP contribution is 2.29. The SMILES string of the molecule is CCC(C)c1ccc(C(=O)OC(OCCOc2ccc(C)cc2)C2CCCCC2)cc1. The average Bonchev–Trinajstić information content (AvgIpc) is 2.82. The van der Waals surface area contributed by atoms with Crippen LogP contribution in [0.4, 0.5) is 0 Å². The fourth-order valence-corrected chi connectivity index (χ4v) is 3.99. The van der Waals surface area contributed by atoms with Crippen molar-refractivity contribution in [2.45, 2.75) is 71.5 Å². The Labute approximate surface area is 186 Å². The minimum absolute atomic E-state index is 0.247. The molecule has 0 saturated heterocycles. The van der Waals surface area contributed by atoms with E-state index in [0.29, 0.717) is 24.7 Å². The predicted molar refractivity (Wildman–Crippen MR) is 124 cm³/mol. The van der Waals surface area contributed by atoms with E-state index >= 15 is 0 Å². The van der Waals surface area contributed by atoms with Gasteiger partial charge in [-0.25, -0.2) is 4.79 Å². The van der Waals surface area contributed by atoms with Crippen LogP contribution < -0.4 is 4.74 Å². The lowest BCUT2D eigenvalue weighted by atomic mass is 9.89. The van der Waals surface area contributed by atoms with E-state index in [2.05, 4.69) is 13.8 Å². The summed E-state index contributed by atoms with van der Waals surface area (Å²) in [6.07, 6.45) is 6.17. The van der Waals surface area contributed by atoms with Crippen molar-refractivity contribution >= 4 is 5.97 Å². The van der Waals surface area contributed by atoms with Crippen LogP contribution in [0.3, 0.4) is 0 Å². The Morgan fingerprint density at radius 1 is 0.968 bits per heavy atom. The minimum atomic E-state index is -0.524. The minimum Gasteiger partial charge on any atom is -0.491 e. The smallest absolute Gasteiger partial charge is 0.340 e. The van der Waals surface area contributed by atoms with Crippen LogP contribution in [0.25, 0.3) is 0 Å². The zero-order chi connectivity index (χ0) is 22.1. The Hall–Kier alpha value is -2.33. The van der Waals surface area contributed by atoms with Gasteiger partial charge < -0.3 is 14.2 Å². The van der Waals surface area contributed by atoms with Crippen LogP contribution in [0.2, 0.25) is 0 Å². The third-order valence-corrected chi connectivity index (χ3v) is 6.24. The van der Waals surface area contributed by atoms with Gasteiger partial charge in [0.15, 0.2) is 0 Å². The summed E-state index contributed by atoms with van der Waals surface area (Å²) in [5.74, 6) is 1.24. The molecule has 2 aromatic carbocycles. The summed E-state index contributed by atoms with van der Waals surface area (Å²) in [6, 6.07) is 15.7. The molecular weight excluding hydrogens is 388 g/mol. The number of aryl methyl sites for hydroxylation is 1. The largest absolute Gasteiger partial charge is 0.491 e. The number of hydrogen-bond donors (Lipinski definition) is 0. The van der Waals surface area contributed by atoms with Crippen molar-refractivity contribution in [1.82, 2.24) is 0 Å². The summed E-state index contributed by atoms with van der Waals surface area (Å²) in [6.45, 7) is 7.22. The number of esters is 1. The van der Waals surface area contributed by atoms with E-state index in [-0.39, 0.29) is 11.9 Å². The lowest BCUT2D eigenvalue weighted by Gasteiger charge is -2.29. The maximum atomic E-state index is 12.8. The first-order valence-corrected chi connectivity index (χ1v) is 11.7. The molecule has 2 atom stereocenters. The van der Waals surface area contributed by atoms with Gasteiger partial charge in [-0.05, 0) is 61.9 Å². The van der Waals surface area contributed by atoms with Crippen LogP contribution in [0.1, 0.15) is 79.8 Å². The second kappa shape index (κ2) is 11.9. The van der Waals surface area contributed by atoms with Gasteiger partial charge in [0.2, 0.25) is 6.29 Å². The number of benzene rings is 2. The van der Waals surface area contributed by atoms with Gasteiger partial charge in [0.05, 0.1) is 12.2 Å². The molecular formula is C27H36O4. The van der Waals surface area contributed by atoms with Crippen LogP contribution in [0.15, 0.2) is 48.5 Å². The van der Waals surface area contributed by atoms with E-state index in [9.17, 15) is 4.79 Å². The van der Waals surface area contributed by atoms with E-state index in [1.54, 1.807) is 0 Å². The highest BCUT2D eigenvalue weighted by atomic mass is 16.7. The quantitative estimate of drug-likeness (QED) is 0.243. The molecule has 3 rings (SSSR count). The van der Waals surface area contributed by atoms with Gasteiger partial charge in [-0.2, -0.15) is 0 Å². The summed E-state index contributed by atoms with van der Waals surface area (Å²) in [4.78, 5) is 12.8. The second-order valence-electron chi connectivity index (χ2n) is 8.64. The Bertz CT molecular complexity index is 791. The fourth-order valence-electron chi connectivity index (χ4n) is 3.99. The standard InChI is InChI=1S/C27H36O4/c1-4-21(3)22-12-14-23(15-13-22)26(28)31-27(24-8-6-5-7-9-24)30-19-18-29-25-16-10-20(2)11-17-25/h10-17,21,24,27H,4-9,18-19H2,1-3H3. The molecule has 0 radical (unpaired) electrons. The van der Waals surface area contributed by atoms with Gasteiger partial charge in [0, 0.05) is 5.92 Å².